The number of nitrogens with zero attached hydrogens (tertiary/aromatic N) is 5. The molecule has 1 amide bonds. The molecule has 0 N–H and O–H groups in total. The molecule has 1 spiro atoms. The number of amides is 1. The molecule has 1 aliphatic heterocycles. The SMILES string of the molecule is N#Cc1ncc(N2C(=O)C3(CCC3)N(c3ccc(OCCc4ccccn4)c(F)c3)C2=S)cc1C(F)(F)F. The van der Waals surface area contributed by atoms with Crippen molar-refractivity contribution in [1.82, 2.24) is 9.97 Å². The van der Waals surface area contributed by atoms with E-state index < -0.39 is 34.7 Å². The van der Waals surface area contributed by atoms with Crippen LogP contribution in [0.3, 0.4) is 0 Å². The molecule has 12 heteroatoms. The van der Waals surface area contributed by atoms with Crippen LogP contribution in [0.1, 0.15) is 36.2 Å². The summed E-state index contributed by atoms with van der Waals surface area (Å²) in [6.07, 6.45) is -0.250. The highest BCUT2D eigenvalue weighted by atomic mass is 32.1. The van der Waals surface area contributed by atoms with E-state index in [2.05, 4.69) is 9.97 Å². The van der Waals surface area contributed by atoms with E-state index in [1.165, 1.54) is 23.1 Å². The summed E-state index contributed by atoms with van der Waals surface area (Å²) < 4.78 is 61.2. The van der Waals surface area contributed by atoms with Gasteiger partial charge in [0.1, 0.15) is 11.6 Å². The molecular weight excluding hydrogens is 522 g/mol. The molecule has 1 aliphatic carbocycles. The number of pyridine rings is 2. The number of anilines is 2. The molecule has 2 aromatic heterocycles. The summed E-state index contributed by atoms with van der Waals surface area (Å²) in [5.41, 5.74) is -2.37. The highest BCUT2D eigenvalue weighted by molar-refractivity contribution is 7.81. The molecule has 1 aromatic carbocycles. The van der Waals surface area contributed by atoms with E-state index in [1.54, 1.807) is 18.3 Å². The Morgan fingerprint density at radius 1 is 1.13 bits per heavy atom. The topological polar surface area (TPSA) is 82.4 Å². The lowest BCUT2D eigenvalue weighted by atomic mass is 9.75. The summed E-state index contributed by atoms with van der Waals surface area (Å²) in [7, 11) is 0. The molecule has 2 aliphatic rings. The van der Waals surface area contributed by atoms with Crippen molar-refractivity contribution in [3.63, 3.8) is 0 Å². The van der Waals surface area contributed by atoms with Gasteiger partial charge in [0, 0.05) is 30.1 Å². The fourth-order valence-electron chi connectivity index (χ4n) is 4.65. The minimum Gasteiger partial charge on any atom is -0.490 e. The second-order valence-electron chi connectivity index (χ2n) is 8.88. The molecule has 3 heterocycles. The number of thiocarbonyl (C=S) groups is 1. The van der Waals surface area contributed by atoms with Crippen molar-refractivity contribution in [2.45, 2.75) is 37.4 Å². The monoisotopic (exact) mass is 541 g/mol. The number of hydrogen-bond donors (Lipinski definition) is 0. The summed E-state index contributed by atoms with van der Waals surface area (Å²) in [5.74, 6) is -1.19. The molecule has 3 aromatic rings. The molecule has 7 nitrogen and oxygen atoms in total. The Bertz CT molecular complexity index is 1450. The van der Waals surface area contributed by atoms with Gasteiger partial charge in [-0.25, -0.2) is 9.37 Å². The third-order valence-corrected chi connectivity index (χ3v) is 7.02. The summed E-state index contributed by atoms with van der Waals surface area (Å²) in [6, 6.07) is 11.7. The summed E-state index contributed by atoms with van der Waals surface area (Å²) >= 11 is 5.55. The normalized spacial score (nSPS) is 16.5. The lowest BCUT2D eigenvalue weighted by molar-refractivity contribution is -0.138. The van der Waals surface area contributed by atoms with Gasteiger partial charge in [0.15, 0.2) is 22.4 Å². The number of carbonyl (C=O) groups is 1. The van der Waals surface area contributed by atoms with E-state index in [0.29, 0.717) is 31.7 Å². The molecule has 0 bridgehead atoms. The molecule has 2 fully saturated rings. The van der Waals surface area contributed by atoms with Gasteiger partial charge in [0.2, 0.25) is 0 Å². The van der Waals surface area contributed by atoms with Crippen molar-refractivity contribution < 1.29 is 27.1 Å². The summed E-state index contributed by atoms with van der Waals surface area (Å²) in [4.78, 5) is 23.8. The van der Waals surface area contributed by atoms with Crippen LogP contribution in [-0.4, -0.2) is 33.1 Å². The lowest BCUT2D eigenvalue weighted by Gasteiger charge is -2.43. The maximum atomic E-state index is 15.0. The Hall–Kier alpha value is -4.11. The van der Waals surface area contributed by atoms with Crippen LogP contribution in [0, 0.1) is 17.1 Å². The van der Waals surface area contributed by atoms with Crippen LogP contribution in [0.15, 0.2) is 54.9 Å². The number of benzene rings is 1. The minimum absolute atomic E-state index is 0.00625. The van der Waals surface area contributed by atoms with Crippen LogP contribution in [0.4, 0.5) is 28.9 Å². The molecular formula is C26H19F4N5O2S. The fourth-order valence-corrected chi connectivity index (χ4v) is 5.12. The van der Waals surface area contributed by atoms with Gasteiger partial charge in [-0.05, 0) is 61.8 Å². The van der Waals surface area contributed by atoms with Crippen molar-refractivity contribution in [3.05, 3.63) is 77.6 Å². The molecule has 0 unspecified atom stereocenters. The van der Waals surface area contributed by atoms with Crippen LogP contribution in [0.2, 0.25) is 0 Å². The molecule has 0 atom stereocenters. The predicted octanol–water partition coefficient (Wildman–Crippen LogP) is 5.19. The molecule has 38 heavy (non-hydrogen) atoms. The minimum atomic E-state index is -4.86. The largest absolute Gasteiger partial charge is 0.490 e. The van der Waals surface area contributed by atoms with Crippen molar-refractivity contribution in [1.29, 1.82) is 5.26 Å². The average Bonchev–Trinajstić information content (AvgIpc) is 3.11. The molecule has 0 radical (unpaired) electrons. The first-order valence-electron chi connectivity index (χ1n) is 11.6. The zero-order valence-corrected chi connectivity index (χ0v) is 20.5. The van der Waals surface area contributed by atoms with Gasteiger partial charge < -0.3 is 9.64 Å². The third-order valence-electron chi connectivity index (χ3n) is 6.65. The Morgan fingerprint density at radius 2 is 1.92 bits per heavy atom. The van der Waals surface area contributed by atoms with Gasteiger partial charge in [0.25, 0.3) is 5.91 Å². The van der Waals surface area contributed by atoms with Gasteiger partial charge in [0.05, 0.1) is 24.1 Å². The van der Waals surface area contributed by atoms with Gasteiger partial charge in [-0.15, -0.1) is 0 Å². The van der Waals surface area contributed by atoms with Crippen molar-refractivity contribution >= 4 is 34.6 Å². The van der Waals surface area contributed by atoms with Gasteiger partial charge in [-0.1, -0.05) is 6.07 Å². The summed E-state index contributed by atoms with van der Waals surface area (Å²) in [5, 5.41) is 8.95. The van der Waals surface area contributed by atoms with E-state index in [1.807, 2.05) is 12.1 Å². The Balaban J connectivity index is 1.43. The van der Waals surface area contributed by atoms with Crippen LogP contribution >= 0.6 is 12.2 Å². The maximum Gasteiger partial charge on any atom is 0.419 e. The first kappa shape index (κ1) is 25.5. The number of alkyl halides is 3. The summed E-state index contributed by atoms with van der Waals surface area (Å²) in [6.45, 7) is 0.193. The smallest absolute Gasteiger partial charge is 0.419 e. The van der Waals surface area contributed by atoms with Gasteiger partial charge in [-0.2, -0.15) is 18.4 Å². The van der Waals surface area contributed by atoms with E-state index in [4.69, 9.17) is 22.2 Å². The highest BCUT2D eigenvalue weighted by Gasteiger charge is 2.59. The Labute approximate surface area is 220 Å². The molecule has 1 saturated heterocycles. The fraction of sp³-hybridized carbons (Fsp3) is 0.269. The maximum absolute atomic E-state index is 15.0. The first-order valence-corrected chi connectivity index (χ1v) is 12.0. The van der Waals surface area contributed by atoms with E-state index in [0.717, 1.165) is 16.8 Å². The second-order valence-corrected chi connectivity index (χ2v) is 9.24. The van der Waals surface area contributed by atoms with Crippen molar-refractivity contribution in [2.75, 3.05) is 16.4 Å². The number of aromatic nitrogens is 2. The zero-order chi connectivity index (χ0) is 27.1. The quantitative estimate of drug-likeness (QED) is 0.314. The third kappa shape index (κ3) is 4.32. The van der Waals surface area contributed by atoms with Gasteiger partial charge >= 0.3 is 6.18 Å². The van der Waals surface area contributed by atoms with Crippen molar-refractivity contribution in [3.8, 4) is 11.8 Å². The first-order chi connectivity index (χ1) is 18.2. The average molecular weight is 542 g/mol. The number of nitriles is 1. The number of ether oxygens (including phenoxy) is 1. The lowest BCUT2D eigenvalue weighted by Crippen LogP contribution is -2.55. The number of rotatable bonds is 6. The predicted molar refractivity (Wildman–Crippen MR) is 133 cm³/mol. The van der Waals surface area contributed by atoms with Crippen LogP contribution in [0.5, 0.6) is 5.75 Å². The number of carbonyl (C=O) groups excluding carboxylic acids is 1. The second kappa shape index (κ2) is 9.64. The van der Waals surface area contributed by atoms with Crippen LogP contribution in [0.25, 0.3) is 0 Å². The van der Waals surface area contributed by atoms with Gasteiger partial charge in [-0.3, -0.25) is 14.7 Å². The van der Waals surface area contributed by atoms with Crippen LogP contribution < -0.4 is 14.5 Å². The molecule has 1 saturated carbocycles. The molecule has 194 valence electrons. The standard InChI is InChI=1S/C26H19F4N5O2S/c27-20-13-17(5-6-22(20)37-11-7-16-4-1-2-10-32-16)35-24(38)34(23(36)25(35)8-3-9-25)18-12-19(26(28,29)30)21(14-31)33-15-18/h1-2,4-6,10,12-13,15H,3,7-9,11H2. The Morgan fingerprint density at radius 3 is 2.53 bits per heavy atom. The van der Waals surface area contributed by atoms with E-state index in [9.17, 15) is 18.0 Å². The number of halogens is 4. The van der Waals surface area contributed by atoms with Crippen molar-refractivity contribution in [2.24, 2.45) is 0 Å². The van der Waals surface area contributed by atoms with E-state index >= 15 is 4.39 Å². The van der Waals surface area contributed by atoms with Crippen LogP contribution in [-0.2, 0) is 17.4 Å². The zero-order valence-electron chi connectivity index (χ0n) is 19.7. The number of hydrogen-bond acceptors (Lipinski definition) is 6. The van der Waals surface area contributed by atoms with E-state index in [-0.39, 0.29) is 28.8 Å². The molecule has 5 rings (SSSR count). The highest BCUT2D eigenvalue weighted by Crippen LogP contribution is 2.48. The Kier molecular flexibility index (Phi) is 6.48.